The quantitative estimate of drug-likeness (QED) is 0.832. The van der Waals surface area contributed by atoms with E-state index in [1.54, 1.807) is 22.9 Å². The van der Waals surface area contributed by atoms with Crippen LogP contribution in [0.1, 0.15) is 55.9 Å². The van der Waals surface area contributed by atoms with Crippen molar-refractivity contribution < 1.29 is 14.3 Å². The van der Waals surface area contributed by atoms with Crippen molar-refractivity contribution in [3.63, 3.8) is 0 Å². The third-order valence-electron chi connectivity index (χ3n) is 5.27. The van der Waals surface area contributed by atoms with Crippen LogP contribution in [0.3, 0.4) is 0 Å². The lowest BCUT2D eigenvalue weighted by molar-refractivity contribution is -0.0127. The van der Waals surface area contributed by atoms with Gasteiger partial charge in [-0.3, -0.25) is 9.59 Å². The molecule has 0 spiro atoms. The molecule has 0 unspecified atom stereocenters. The second-order valence-corrected chi connectivity index (χ2v) is 7.99. The van der Waals surface area contributed by atoms with E-state index in [-0.39, 0.29) is 41.6 Å². The summed E-state index contributed by atoms with van der Waals surface area (Å²) in [5, 5.41) is 14.4. The normalized spacial score (nSPS) is 23.0. The highest BCUT2D eigenvalue weighted by molar-refractivity contribution is 6.35. The van der Waals surface area contributed by atoms with Crippen LogP contribution in [0.2, 0.25) is 5.02 Å². The number of nitrogens with one attached hydrogen (secondary N) is 1. The molecule has 1 aliphatic rings. The molecule has 27 heavy (non-hydrogen) atoms. The van der Waals surface area contributed by atoms with Crippen molar-refractivity contribution in [2.75, 3.05) is 6.54 Å². The Balaban J connectivity index is 1.89. The lowest BCUT2D eigenvalue weighted by atomic mass is 9.84. The number of aliphatic hydroxyl groups is 1. The Morgan fingerprint density at radius 2 is 2.00 bits per heavy atom. The Kier molecular flexibility index (Phi) is 5.58. The smallest absolute Gasteiger partial charge is 0.258 e. The molecular weight excluding hydrogens is 371 g/mol. The number of hydrogen-bond acceptors (Lipinski definition) is 3. The summed E-state index contributed by atoms with van der Waals surface area (Å²) in [5.41, 5.74) is -1.09. The van der Waals surface area contributed by atoms with E-state index in [0.29, 0.717) is 23.6 Å². The van der Waals surface area contributed by atoms with Crippen LogP contribution < -0.4 is 10.9 Å². The van der Waals surface area contributed by atoms with Gasteiger partial charge >= 0.3 is 0 Å². The molecule has 1 heterocycles. The van der Waals surface area contributed by atoms with Gasteiger partial charge in [-0.25, -0.2) is 4.39 Å². The Labute approximate surface area is 162 Å². The van der Waals surface area contributed by atoms with Crippen LogP contribution in [0, 0.1) is 0 Å². The zero-order valence-corrected chi connectivity index (χ0v) is 16.2. The number of carbonyl (C=O) groups is 1. The number of alkyl halides is 1. The second kappa shape index (κ2) is 7.60. The Hall–Kier alpha value is -1.92. The molecule has 0 radical (unpaired) electrons. The minimum atomic E-state index is -1.11. The van der Waals surface area contributed by atoms with E-state index in [9.17, 15) is 19.1 Å². The summed E-state index contributed by atoms with van der Waals surface area (Å²) in [4.78, 5) is 25.4. The van der Waals surface area contributed by atoms with Crippen molar-refractivity contribution in [2.24, 2.45) is 0 Å². The second-order valence-electron chi connectivity index (χ2n) is 7.59. The van der Waals surface area contributed by atoms with Crippen molar-refractivity contribution in [1.29, 1.82) is 0 Å². The molecule has 1 aromatic heterocycles. The fourth-order valence-corrected chi connectivity index (χ4v) is 3.83. The van der Waals surface area contributed by atoms with Gasteiger partial charge in [-0.1, -0.05) is 11.6 Å². The predicted molar refractivity (Wildman–Crippen MR) is 104 cm³/mol. The average Bonchev–Trinajstić information content (AvgIpc) is 2.62. The van der Waals surface area contributed by atoms with E-state index in [1.807, 2.05) is 13.8 Å². The Morgan fingerprint density at radius 3 is 2.63 bits per heavy atom. The molecule has 0 bridgehead atoms. The van der Waals surface area contributed by atoms with Crippen LogP contribution in [0.4, 0.5) is 4.39 Å². The minimum Gasteiger partial charge on any atom is -0.388 e. The third-order valence-corrected chi connectivity index (χ3v) is 5.58. The van der Waals surface area contributed by atoms with Gasteiger partial charge in [0.1, 0.15) is 6.17 Å². The molecule has 2 aromatic rings. The fourth-order valence-electron chi connectivity index (χ4n) is 3.58. The van der Waals surface area contributed by atoms with E-state index >= 15 is 0 Å². The van der Waals surface area contributed by atoms with E-state index in [2.05, 4.69) is 5.32 Å². The monoisotopic (exact) mass is 394 g/mol. The topological polar surface area (TPSA) is 71.3 Å². The molecule has 146 valence electrons. The van der Waals surface area contributed by atoms with Crippen molar-refractivity contribution in [3.8, 4) is 0 Å². The van der Waals surface area contributed by atoms with Crippen molar-refractivity contribution in [2.45, 2.75) is 57.3 Å². The van der Waals surface area contributed by atoms with Crippen LogP contribution in [-0.2, 0) is 0 Å². The molecule has 1 amide bonds. The Morgan fingerprint density at radius 1 is 1.33 bits per heavy atom. The van der Waals surface area contributed by atoms with Crippen LogP contribution in [-0.4, -0.2) is 33.9 Å². The third kappa shape index (κ3) is 4.01. The molecule has 3 rings (SSSR count). The number of benzene rings is 1. The summed E-state index contributed by atoms with van der Waals surface area (Å²) in [6.07, 6.45) is 1.94. The van der Waals surface area contributed by atoms with Crippen LogP contribution in [0.15, 0.2) is 29.2 Å². The van der Waals surface area contributed by atoms with Crippen LogP contribution >= 0.6 is 11.6 Å². The largest absolute Gasteiger partial charge is 0.388 e. The van der Waals surface area contributed by atoms with Gasteiger partial charge in [0.2, 0.25) is 0 Å². The van der Waals surface area contributed by atoms with Crippen molar-refractivity contribution in [1.82, 2.24) is 9.88 Å². The highest BCUT2D eigenvalue weighted by atomic mass is 35.5. The number of aromatic nitrogens is 1. The first kappa shape index (κ1) is 19.8. The number of hydrogen-bond donors (Lipinski definition) is 2. The number of halogens is 2. The zero-order chi connectivity index (χ0) is 19.8. The molecule has 7 heteroatoms. The number of rotatable bonds is 4. The first-order chi connectivity index (χ1) is 12.7. The molecule has 1 aromatic carbocycles. The lowest BCUT2D eigenvalue weighted by Crippen LogP contribution is -2.45. The standard InChI is InChI=1S/C20H24ClFN2O3/c1-12(2)24-10-7-14-15(19(24)26)3-4-16(21)17(14)18(25)23-11-20(27)8-5-13(22)6-9-20/h3-4,7,10,12-13,27H,5-6,8-9,11H2,1-2H3,(H,23,25). The molecule has 2 N–H and O–H groups in total. The summed E-state index contributed by atoms with van der Waals surface area (Å²) in [6, 6.07) is 4.86. The summed E-state index contributed by atoms with van der Waals surface area (Å²) >= 11 is 6.25. The van der Waals surface area contributed by atoms with Gasteiger partial charge in [0.15, 0.2) is 0 Å². The maximum atomic E-state index is 13.3. The van der Waals surface area contributed by atoms with Gasteiger partial charge in [-0.05, 0) is 57.7 Å². The first-order valence-electron chi connectivity index (χ1n) is 9.20. The van der Waals surface area contributed by atoms with Crippen molar-refractivity contribution >= 4 is 28.3 Å². The minimum absolute atomic E-state index is 0.00488. The maximum Gasteiger partial charge on any atom is 0.258 e. The number of carbonyl (C=O) groups excluding carboxylic acids is 1. The number of fused-ring (bicyclic) bond motifs is 1. The predicted octanol–water partition coefficient (Wildman–Crippen LogP) is 3.61. The average molecular weight is 395 g/mol. The zero-order valence-electron chi connectivity index (χ0n) is 15.5. The van der Waals surface area contributed by atoms with Crippen LogP contribution in [0.25, 0.3) is 10.8 Å². The summed E-state index contributed by atoms with van der Waals surface area (Å²) < 4.78 is 14.9. The highest BCUT2D eigenvalue weighted by Crippen LogP contribution is 2.30. The molecular formula is C20H24ClFN2O3. The molecule has 1 saturated carbocycles. The van der Waals surface area contributed by atoms with Crippen molar-refractivity contribution in [3.05, 3.63) is 45.3 Å². The summed E-state index contributed by atoms with van der Waals surface area (Å²) in [6.45, 7) is 3.83. The van der Waals surface area contributed by atoms with Gasteiger partial charge in [0.25, 0.3) is 11.5 Å². The number of pyridine rings is 1. The molecule has 1 fully saturated rings. The van der Waals surface area contributed by atoms with Gasteiger partial charge in [0, 0.05) is 29.6 Å². The fraction of sp³-hybridized carbons (Fsp3) is 0.500. The van der Waals surface area contributed by atoms with E-state index in [1.165, 1.54) is 6.07 Å². The summed E-state index contributed by atoms with van der Waals surface area (Å²) in [5.74, 6) is -0.455. The van der Waals surface area contributed by atoms with Gasteiger partial charge in [-0.2, -0.15) is 0 Å². The number of amides is 1. The van der Waals surface area contributed by atoms with E-state index < -0.39 is 17.7 Å². The van der Waals surface area contributed by atoms with Crippen LogP contribution in [0.5, 0.6) is 0 Å². The number of nitrogens with zero attached hydrogens (tertiary/aromatic N) is 1. The maximum absolute atomic E-state index is 13.3. The molecule has 0 aliphatic heterocycles. The SMILES string of the molecule is CC(C)n1ccc2c(C(=O)NCC3(O)CCC(F)CC3)c(Cl)ccc2c1=O. The highest BCUT2D eigenvalue weighted by Gasteiger charge is 2.33. The molecule has 1 aliphatic carbocycles. The molecule has 0 saturated heterocycles. The first-order valence-corrected chi connectivity index (χ1v) is 9.58. The van der Waals surface area contributed by atoms with E-state index in [0.717, 1.165) is 0 Å². The molecule has 0 atom stereocenters. The summed E-state index contributed by atoms with van der Waals surface area (Å²) in [7, 11) is 0. The molecule has 5 nitrogen and oxygen atoms in total. The van der Waals surface area contributed by atoms with Gasteiger partial charge in [-0.15, -0.1) is 0 Å². The van der Waals surface area contributed by atoms with Gasteiger partial charge < -0.3 is 15.0 Å². The Bertz CT molecular complexity index is 917. The van der Waals surface area contributed by atoms with E-state index in [4.69, 9.17) is 11.6 Å². The van der Waals surface area contributed by atoms with Gasteiger partial charge in [0.05, 0.1) is 16.2 Å². The lowest BCUT2D eigenvalue weighted by Gasteiger charge is -2.33.